The minimum Gasteiger partial charge on any atom is -0.494 e. The molecule has 0 atom stereocenters. The zero-order valence-electron chi connectivity index (χ0n) is 11.3. The van der Waals surface area contributed by atoms with E-state index in [4.69, 9.17) is 21.1 Å². The van der Waals surface area contributed by atoms with E-state index < -0.39 is 0 Å². The molecule has 1 aromatic heterocycles. The van der Waals surface area contributed by atoms with E-state index in [0.29, 0.717) is 24.2 Å². The van der Waals surface area contributed by atoms with Crippen molar-refractivity contribution < 1.29 is 14.3 Å². The van der Waals surface area contributed by atoms with Crippen LogP contribution in [0.3, 0.4) is 0 Å². The number of hydrogen-bond donors (Lipinski definition) is 0. The van der Waals surface area contributed by atoms with E-state index >= 15 is 0 Å². The van der Waals surface area contributed by atoms with Crippen LogP contribution in [0, 0.1) is 0 Å². The van der Waals surface area contributed by atoms with Crippen molar-refractivity contribution >= 4 is 17.9 Å². The molecule has 0 bridgehead atoms. The van der Waals surface area contributed by atoms with Crippen LogP contribution in [-0.2, 0) is 11.3 Å². The van der Waals surface area contributed by atoms with Gasteiger partial charge in [-0.05, 0) is 31.2 Å². The van der Waals surface area contributed by atoms with Crippen molar-refractivity contribution in [1.29, 1.82) is 0 Å². The number of nitrogens with zero attached hydrogens (tertiary/aromatic N) is 2. The average Bonchev–Trinajstić information content (AvgIpc) is 2.77. The SMILES string of the molecule is CCOc1ccc(-n2nc(COC)c(C=O)c2Cl)cc1. The molecule has 106 valence electrons. The maximum Gasteiger partial charge on any atom is 0.155 e. The number of carbonyl (C=O) groups excluding carboxylic acids is 1. The van der Waals surface area contributed by atoms with Crippen molar-refractivity contribution in [3.63, 3.8) is 0 Å². The molecular weight excluding hydrogens is 280 g/mol. The fourth-order valence-electron chi connectivity index (χ4n) is 1.83. The van der Waals surface area contributed by atoms with Crippen molar-refractivity contribution in [1.82, 2.24) is 9.78 Å². The van der Waals surface area contributed by atoms with Gasteiger partial charge in [0.2, 0.25) is 0 Å². The monoisotopic (exact) mass is 294 g/mol. The Morgan fingerprint density at radius 2 is 2.05 bits per heavy atom. The summed E-state index contributed by atoms with van der Waals surface area (Å²) in [5.74, 6) is 0.771. The molecule has 2 aromatic rings. The van der Waals surface area contributed by atoms with Crippen molar-refractivity contribution in [3.05, 3.63) is 40.7 Å². The predicted molar refractivity (Wildman–Crippen MR) is 75.8 cm³/mol. The molecule has 0 unspecified atom stereocenters. The number of hydrogen-bond acceptors (Lipinski definition) is 4. The normalized spacial score (nSPS) is 10.6. The van der Waals surface area contributed by atoms with E-state index in [1.807, 2.05) is 31.2 Å². The number of methoxy groups -OCH3 is 1. The lowest BCUT2D eigenvalue weighted by Crippen LogP contribution is -1.98. The van der Waals surface area contributed by atoms with Crippen LogP contribution in [0.15, 0.2) is 24.3 Å². The van der Waals surface area contributed by atoms with Gasteiger partial charge in [0.1, 0.15) is 16.6 Å². The van der Waals surface area contributed by atoms with Gasteiger partial charge in [-0.1, -0.05) is 11.6 Å². The predicted octanol–water partition coefficient (Wildman–Crippen LogP) is 2.88. The van der Waals surface area contributed by atoms with Gasteiger partial charge in [-0.2, -0.15) is 5.10 Å². The first-order valence-corrected chi connectivity index (χ1v) is 6.53. The van der Waals surface area contributed by atoms with Gasteiger partial charge in [0.15, 0.2) is 6.29 Å². The molecule has 0 aliphatic rings. The minimum atomic E-state index is 0.234. The fraction of sp³-hybridized carbons (Fsp3) is 0.286. The standard InChI is InChI=1S/C14H15ClN2O3/c1-3-20-11-6-4-10(5-7-11)17-14(15)12(8-18)13(16-17)9-19-2/h4-8H,3,9H2,1-2H3. The van der Waals surface area contributed by atoms with Crippen molar-refractivity contribution in [3.8, 4) is 11.4 Å². The Morgan fingerprint density at radius 1 is 1.35 bits per heavy atom. The summed E-state index contributed by atoms with van der Waals surface area (Å²) in [5.41, 5.74) is 1.62. The van der Waals surface area contributed by atoms with E-state index in [9.17, 15) is 4.79 Å². The zero-order chi connectivity index (χ0) is 14.5. The van der Waals surface area contributed by atoms with E-state index in [-0.39, 0.29) is 11.8 Å². The molecule has 2 rings (SSSR count). The third-order valence-electron chi connectivity index (χ3n) is 2.73. The molecule has 5 nitrogen and oxygen atoms in total. The molecule has 0 radical (unpaired) electrons. The van der Waals surface area contributed by atoms with Crippen LogP contribution < -0.4 is 4.74 Å². The molecule has 0 amide bonds. The molecule has 0 spiro atoms. The third-order valence-corrected chi connectivity index (χ3v) is 3.09. The summed E-state index contributed by atoms with van der Waals surface area (Å²) >= 11 is 6.18. The van der Waals surface area contributed by atoms with Gasteiger partial charge in [-0.3, -0.25) is 4.79 Å². The molecule has 0 aliphatic heterocycles. The zero-order valence-corrected chi connectivity index (χ0v) is 12.1. The maximum atomic E-state index is 11.1. The smallest absolute Gasteiger partial charge is 0.155 e. The molecule has 0 aliphatic carbocycles. The summed E-state index contributed by atoms with van der Waals surface area (Å²) in [7, 11) is 1.54. The van der Waals surface area contributed by atoms with Crippen molar-refractivity contribution in [2.45, 2.75) is 13.5 Å². The van der Waals surface area contributed by atoms with E-state index in [1.54, 1.807) is 7.11 Å². The van der Waals surface area contributed by atoms with Crippen LogP contribution in [-0.4, -0.2) is 29.8 Å². The molecule has 0 N–H and O–H groups in total. The second-order valence-electron chi connectivity index (χ2n) is 4.04. The Kier molecular flexibility index (Phi) is 4.76. The molecule has 0 fully saturated rings. The summed E-state index contributed by atoms with van der Waals surface area (Å²) in [6, 6.07) is 7.31. The topological polar surface area (TPSA) is 53.4 Å². The minimum absolute atomic E-state index is 0.234. The van der Waals surface area contributed by atoms with Crippen LogP contribution >= 0.6 is 11.6 Å². The number of aldehydes is 1. The fourth-order valence-corrected chi connectivity index (χ4v) is 2.12. The van der Waals surface area contributed by atoms with Crippen molar-refractivity contribution in [2.75, 3.05) is 13.7 Å². The Morgan fingerprint density at radius 3 is 2.60 bits per heavy atom. The Labute approximate surface area is 122 Å². The van der Waals surface area contributed by atoms with Gasteiger partial charge in [-0.15, -0.1) is 0 Å². The second-order valence-corrected chi connectivity index (χ2v) is 4.40. The lowest BCUT2D eigenvalue weighted by atomic mass is 10.3. The Balaban J connectivity index is 2.39. The van der Waals surface area contributed by atoms with Gasteiger partial charge >= 0.3 is 0 Å². The number of ether oxygens (including phenoxy) is 2. The first-order valence-electron chi connectivity index (χ1n) is 6.16. The van der Waals surface area contributed by atoms with Gasteiger partial charge in [-0.25, -0.2) is 4.68 Å². The molecule has 1 heterocycles. The van der Waals surface area contributed by atoms with Crippen LogP contribution in [0.5, 0.6) is 5.75 Å². The van der Waals surface area contributed by atoms with Gasteiger partial charge in [0.25, 0.3) is 0 Å². The third kappa shape index (κ3) is 2.84. The van der Waals surface area contributed by atoms with Crippen LogP contribution in [0.2, 0.25) is 5.15 Å². The second kappa shape index (κ2) is 6.54. The quantitative estimate of drug-likeness (QED) is 0.769. The van der Waals surface area contributed by atoms with Gasteiger partial charge in [0, 0.05) is 7.11 Å². The summed E-state index contributed by atoms with van der Waals surface area (Å²) in [5, 5.41) is 4.58. The van der Waals surface area contributed by atoms with Gasteiger partial charge in [0.05, 0.1) is 24.5 Å². The van der Waals surface area contributed by atoms with E-state index in [2.05, 4.69) is 5.10 Å². The van der Waals surface area contributed by atoms with Gasteiger partial charge < -0.3 is 9.47 Å². The summed E-state index contributed by atoms with van der Waals surface area (Å²) in [4.78, 5) is 11.1. The highest BCUT2D eigenvalue weighted by atomic mass is 35.5. The Hall–Kier alpha value is -1.85. The van der Waals surface area contributed by atoms with Crippen molar-refractivity contribution in [2.24, 2.45) is 0 Å². The number of halogens is 1. The number of benzene rings is 1. The highest BCUT2D eigenvalue weighted by Gasteiger charge is 2.16. The number of aromatic nitrogens is 2. The lowest BCUT2D eigenvalue weighted by molar-refractivity contribution is 0.111. The Bertz CT molecular complexity index is 593. The van der Waals surface area contributed by atoms with Crippen LogP contribution in [0.25, 0.3) is 5.69 Å². The average molecular weight is 295 g/mol. The van der Waals surface area contributed by atoms with Crippen LogP contribution in [0.4, 0.5) is 0 Å². The van der Waals surface area contributed by atoms with E-state index in [0.717, 1.165) is 11.4 Å². The molecule has 6 heteroatoms. The first kappa shape index (κ1) is 14.6. The molecule has 0 saturated carbocycles. The molecule has 20 heavy (non-hydrogen) atoms. The largest absolute Gasteiger partial charge is 0.494 e. The molecule has 0 saturated heterocycles. The van der Waals surface area contributed by atoms with Crippen LogP contribution in [0.1, 0.15) is 23.0 Å². The lowest BCUT2D eigenvalue weighted by Gasteiger charge is -2.06. The maximum absolute atomic E-state index is 11.1. The van der Waals surface area contributed by atoms with E-state index in [1.165, 1.54) is 4.68 Å². The highest BCUT2D eigenvalue weighted by Crippen LogP contribution is 2.24. The molecule has 1 aromatic carbocycles. The highest BCUT2D eigenvalue weighted by molar-refractivity contribution is 6.32. The number of carbonyl (C=O) groups is 1. The molecular formula is C14H15ClN2O3. The summed E-state index contributed by atoms with van der Waals surface area (Å²) < 4.78 is 11.9. The summed E-state index contributed by atoms with van der Waals surface area (Å²) in [6.45, 7) is 2.76. The first-order chi connectivity index (χ1) is 9.71. The summed E-state index contributed by atoms with van der Waals surface area (Å²) in [6.07, 6.45) is 0.689. The number of rotatable bonds is 6.